The molecule has 2 aromatic rings. The van der Waals surface area contributed by atoms with E-state index in [2.05, 4.69) is 0 Å². The van der Waals surface area contributed by atoms with Gasteiger partial charge >= 0.3 is 0 Å². The van der Waals surface area contributed by atoms with Gasteiger partial charge in [0, 0.05) is 22.2 Å². The number of hydrogen-bond donors (Lipinski definition) is 1. The molecule has 2 aromatic carbocycles. The van der Waals surface area contributed by atoms with Crippen LogP contribution in [0.1, 0.15) is 11.1 Å². The summed E-state index contributed by atoms with van der Waals surface area (Å²) >= 11 is 12.0. The van der Waals surface area contributed by atoms with Gasteiger partial charge in [0.25, 0.3) is 0 Å². The van der Waals surface area contributed by atoms with Crippen molar-refractivity contribution in [3.05, 3.63) is 57.6 Å². The standard InChI is InChI=1S/C15H15Cl2NO2/c1-19-15-6-10(8-18)2-5-14(15)20-9-11-7-12(16)3-4-13(11)17/h2-7H,8-9,18H2,1H3. The van der Waals surface area contributed by atoms with Gasteiger partial charge in [0.2, 0.25) is 0 Å². The Hall–Kier alpha value is -1.42. The molecule has 0 aliphatic heterocycles. The Morgan fingerprint density at radius 3 is 2.55 bits per heavy atom. The summed E-state index contributed by atoms with van der Waals surface area (Å²) in [6.45, 7) is 0.772. The lowest BCUT2D eigenvalue weighted by Crippen LogP contribution is -2.01. The Labute approximate surface area is 128 Å². The number of hydrogen-bond acceptors (Lipinski definition) is 3. The van der Waals surface area contributed by atoms with Crippen LogP contribution in [0.3, 0.4) is 0 Å². The van der Waals surface area contributed by atoms with Crippen molar-refractivity contribution in [3.63, 3.8) is 0 Å². The molecule has 0 aromatic heterocycles. The lowest BCUT2D eigenvalue weighted by atomic mass is 10.2. The van der Waals surface area contributed by atoms with Crippen LogP contribution in [0.5, 0.6) is 11.5 Å². The lowest BCUT2D eigenvalue weighted by Gasteiger charge is -2.12. The molecule has 0 saturated carbocycles. The van der Waals surface area contributed by atoms with Crippen LogP contribution in [0, 0.1) is 0 Å². The molecule has 2 rings (SSSR count). The molecular formula is C15H15Cl2NO2. The first kappa shape index (κ1) is 15.0. The van der Waals surface area contributed by atoms with Crippen molar-refractivity contribution in [3.8, 4) is 11.5 Å². The largest absolute Gasteiger partial charge is 0.493 e. The zero-order chi connectivity index (χ0) is 14.5. The Morgan fingerprint density at radius 2 is 1.85 bits per heavy atom. The van der Waals surface area contributed by atoms with Crippen molar-refractivity contribution in [1.29, 1.82) is 0 Å². The second-order valence-electron chi connectivity index (χ2n) is 4.21. The molecule has 5 heteroatoms. The van der Waals surface area contributed by atoms with Crippen LogP contribution >= 0.6 is 23.2 Å². The minimum atomic E-state index is 0.317. The van der Waals surface area contributed by atoms with Gasteiger partial charge in [0.15, 0.2) is 11.5 Å². The van der Waals surface area contributed by atoms with Crippen molar-refractivity contribution < 1.29 is 9.47 Å². The molecule has 0 aliphatic carbocycles. The Balaban J connectivity index is 2.16. The number of nitrogens with two attached hydrogens (primary N) is 1. The third-order valence-corrected chi connectivity index (χ3v) is 3.46. The van der Waals surface area contributed by atoms with E-state index in [-0.39, 0.29) is 0 Å². The van der Waals surface area contributed by atoms with Gasteiger partial charge in [-0.2, -0.15) is 0 Å². The Bertz CT molecular complexity index is 602. The summed E-state index contributed by atoms with van der Waals surface area (Å²) in [7, 11) is 1.59. The molecule has 0 radical (unpaired) electrons. The summed E-state index contributed by atoms with van der Waals surface area (Å²) in [5, 5.41) is 1.24. The molecule has 0 amide bonds. The highest BCUT2D eigenvalue weighted by atomic mass is 35.5. The van der Waals surface area contributed by atoms with Gasteiger partial charge < -0.3 is 15.2 Å². The highest BCUT2D eigenvalue weighted by Gasteiger charge is 2.07. The number of benzene rings is 2. The van der Waals surface area contributed by atoms with Crippen molar-refractivity contribution in [2.45, 2.75) is 13.2 Å². The number of rotatable bonds is 5. The van der Waals surface area contributed by atoms with Crippen LogP contribution in [0.2, 0.25) is 10.0 Å². The average Bonchev–Trinajstić information content (AvgIpc) is 2.48. The van der Waals surface area contributed by atoms with E-state index in [0.29, 0.717) is 34.7 Å². The summed E-state index contributed by atoms with van der Waals surface area (Å²) in [5.41, 5.74) is 7.40. The first-order chi connectivity index (χ1) is 9.63. The predicted molar refractivity (Wildman–Crippen MR) is 81.7 cm³/mol. The van der Waals surface area contributed by atoms with Crippen molar-refractivity contribution >= 4 is 23.2 Å². The second kappa shape index (κ2) is 6.84. The van der Waals surface area contributed by atoms with E-state index in [1.54, 1.807) is 25.3 Å². The van der Waals surface area contributed by atoms with Gasteiger partial charge in [0.05, 0.1) is 7.11 Å². The maximum atomic E-state index is 6.10. The van der Waals surface area contributed by atoms with Gasteiger partial charge in [-0.15, -0.1) is 0 Å². The quantitative estimate of drug-likeness (QED) is 0.906. The highest BCUT2D eigenvalue weighted by Crippen LogP contribution is 2.30. The van der Waals surface area contributed by atoms with Gasteiger partial charge in [-0.05, 0) is 35.9 Å². The van der Waals surface area contributed by atoms with Gasteiger partial charge in [-0.3, -0.25) is 0 Å². The summed E-state index contributed by atoms with van der Waals surface area (Å²) < 4.78 is 11.0. The molecule has 3 nitrogen and oxygen atoms in total. The monoisotopic (exact) mass is 311 g/mol. The molecule has 0 aliphatic rings. The second-order valence-corrected chi connectivity index (χ2v) is 5.06. The lowest BCUT2D eigenvalue weighted by molar-refractivity contribution is 0.284. The molecule has 0 spiro atoms. The van der Waals surface area contributed by atoms with Crippen LogP contribution in [0.25, 0.3) is 0 Å². The fourth-order valence-electron chi connectivity index (χ4n) is 1.77. The summed E-state index contributed by atoms with van der Waals surface area (Å²) in [5.74, 6) is 1.28. The molecule has 0 fully saturated rings. The van der Waals surface area contributed by atoms with Gasteiger partial charge in [-0.25, -0.2) is 0 Å². The predicted octanol–water partition coefficient (Wildman–Crippen LogP) is 4.04. The third kappa shape index (κ3) is 3.57. The van der Waals surface area contributed by atoms with E-state index < -0.39 is 0 Å². The number of methoxy groups -OCH3 is 1. The molecule has 0 saturated heterocycles. The summed E-state index contributed by atoms with van der Waals surface area (Å²) in [6, 6.07) is 10.9. The van der Waals surface area contributed by atoms with E-state index in [4.69, 9.17) is 38.4 Å². The molecule has 0 heterocycles. The molecule has 20 heavy (non-hydrogen) atoms. The van der Waals surface area contributed by atoms with E-state index in [9.17, 15) is 0 Å². The van der Waals surface area contributed by atoms with Gasteiger partial charge in [0.1, 0.15) is 6.61 Å². The number of ether oxygens (including phenoxy) is 2. The normalized spacial score (nSPS) is 10.4. The van der Waals surface area contributed by atoms with E-state index in [1.807, 2.05) is 18.2 Å². The zero-order valence-corrected chi connectivity index (χ0v) is 12.5. The molecule has 0 unspecified atom stereocenters. The first-order valence-corrected chi connectivity index (χ1v) is 6.83. The van der Waals surface area contributed by atoms with Gasteiger partial charge in [-0.1, -0.05) is 29.3 Å². The van der Waals surface area contributed by atoms with Crippen LogP contribution in [-0.4, -0.2) is 7.11 Å². The number of halogens is 2. The molecular weight excluding hydrogens is 297 g/mol. The van der Waals surface area contributed by atoms with Crippen LogP contribution in [0.4, 0.5) is 0 Å². The third-order valence-electron chi connectivity index (χ3n) is 2.85. The SMILES string of the molecule is COc1cc(CN)ccc1OCc1cc(Cl)ccc1Cl. The van der Waals surface area contributed by atoms with E-state index in [1.165, 1.54) is 0 Å². The van der Waals surface area contributed by atoms with Crippen molar-refractivity contribution in [2.24, 2.45) is 5.73 Å². The minimum Gasteiger partial charge on any atom is -0.493 e. The highest BCUT2D eigenvalue weighted by molar-refractivity contribution is 6.33. The van der Waals surface area contributed by atoms with Crippen LogP contribution in [0.15, 0.2) is 36.4 Å². The van der Waals surface area contributed by atoms with Crippen LogP contribution in [-0.2, 0) is 13.2 Å². The smallest absolute Gasteiger partial charge is 0.161 e. The Kier molecular flexibility index (Phi) is 5.12. The van der Waals surface area contributed by atoms with Crippen molar-refractivity contribution in [1.82, 2.24) is 0 Å². The minimum absolute atomic E-state index is 0.317. The van der Waals surface area contributed by atoms with Crippen molar-refractivity contribution in [2.75, 3.05) is 7.11 Å². The zero-order valence-electron chi connectivity index (χ0n) is 11.0. The maximum absolute atomic E-state index is 6.10. The molecule has 2 N–H and O–H groups in total. The first-order valence-electron chi connectivity index (χ1n) is 6.07. The summed E-state index contributed by atoms with van der Waals surface area (Å²) in [4.78, 5) is 0. The average molecular weight is 312 g/mol. The van der Waals surface area contributed by atoms with Crippen LogP contribution < -0.4 is 15.2 Å². The maximum Gasteiger partial charge on any atom is 0.161 e. The Morgan fingerprint density at radius 1 is 1.05 bits per heavy atom. The topological polar surface area (TPSA) is 44.5 Å². The fourth-order valence-corrected chi connectivity index (χ4v) is 2.13. The van der Waals surface area contributed by atoms with E-state index >= 15 is 0 Å². The molecule has 0 bridgehead atoms. The fraction of sp³-hybridized carbons (Fsp3) is 0.200. The molecule has 0 atom stereocenters. The molecule has 106 valence electrons. The van der Waals surface area contributed by atoms with E-state index in [0.717, 1.165) is 11.1 Å². The summed E-state index contributed by atoms with van der Waals surface area (Å²) in [6.07, 6.45) is 0.